The molecule has 3 heterocycles. The van der Waals surface area contributed by atoms with Crippen molar-refractivity contribution < 1.29 is 8.42 Å². The Labute approximate surface area is 149 Å². The topological polar surface area (TPSA) is 71.3 Å². The summed E-state index contributed by atoms with van der Waals surface area (Å²) in [5.74, 6) is 0.300. The molecule has 0 bridgehead atoms. The summed E-state index contributed by atoms with van der Waals surface area (Å²) in [6.45, 7) is 3.99. The highest BCUT2D eigenvalue weighted by molar-refractivity contribution is 7.86. The molecule has 8 heteroatoms. The zero-order valence-electron chi connectivity index (χ0n) is 15.0. The molecule has 0 amide bonds. The largest absolute Gasteiger partial charge is 0.281 e. The van der Waals surface area contributed by atoms with Gasteiger partial charge in [-0.05, 0) is 43.9 Å². The molecule has 0 aliphatic carbocycles. The SMILES string of the molecule is CCn1nccc1-c1cccc(C[C@H]2CCN(S(=O)(=O)N(C)C)C2)n1. The quantitative estimate of drug-likeness (QED) is 0.782. The molecule has 1 aliphatic heterocycles. The number of nitrogens with zero attached hydrogens (tertiary/aromatic N) is 5. The van der Waals surface area contributed by atoms with Gasteiger partial charge in [-0.15, -0.1) is 0 Å². The van der Waals surface area contributed by atoms with Gasteiger partial charge in [0, 0.05) is 45.6 Å². The molecule has 2 aromatic heterocycles. The van der Waals surface area contributed by atoms with Gasteiger partial charge in [0.1, 0.15) is 0 Å². The molecule has 7 nitrogen and oxygen atoms in total. The van der Waals surface area contributed by atoms with Crippen molar-refractivity contribution in [3.63, 3.8) is 0 Å². The summed E-state index contributed by atoms with van der Waals surface area (Å²) >= 11 is 0. The second-order valence-electron chi connectivity index (χ2n) is 6.55. The van der Waals surface area contributed by atoms with Crippen molar-refractivity contribution in [2.75, 3.05) is 27.2 Å². The van der Waals surface area contributed by atoms with Crippen molar-refractivity contribution in [2.45, 2.75) is 26.3 Å². The summed E-state index contributed by atoms with van der Waals surface area (Å²) in [6.07, 6.45) is 3.44. The number of pyridine rings is 1. The van der Waals surface area contributed by atoms with E-state index in [1.165, 1.54) is 4.31 Å². The Kier molecular flexibility index (Phi) is 5.21. The molecule has 1 atom stereocenters. The van der Waals surface area contributed by atoms with E-state index >= 15 is 0 Å². The lowest BCUT2D eigenvalue weighted by Gasteiger charge is -2.20. The number of hydrogen-bond acceptors (Lipinski definition) is 4. The minimum atomic E-state index is -3.32. The van der Waals surface area contributed by atoms with E-state index in [0.29, 0.717) is 19.0 Å². The van der Waals surface area contributed by atoms with E-state index in [-0.39, 0.29) is 0 Å². The lowest BCUT2D eigenvalue weighted by atomic mass is 10.0. The van der Waals surface area contributed by atoms with E-state index in [1.807, 2.05) is 28.9 Å². The van der Waals surface area contributed by atoms with Crippen molar-refractivity contribution >= 4 is 10.2 Å². The van der Waals surface area contributed by atoms with Crippen LogP contribution in [0.25, 0.3) is 11.4 Å². The predicted octanol–water partition coefficient (Wildman–Crippen LogP) is 1.64. The van der Waals surface area contributed by atoms with Crippen molar-refractivity contribution in [1.82, 2.24) is 23.4 Å². The fraction of sp³-hybridized carbons (Fsp3) is 0.529. The van der Waals surface area contributed by atoms with Crippen LogP contribution in [0, 0.1) is 5.92 Å². The van der Waals surface area contributed by atoms with Gasteiger partial charge in [0.15, 0.2) is 0 Å². The normalized spacial score (nSPS) is 19.0. The molecule has 0 saturated carbocycles. The number of rotatable bonds is 6. The molecule has 1 aliphatic rings. The molecule has 2 aromatic rings. The zero-order valence-corrected chi connectivity index (χ0v) is 15.8. The van der Waals surface area contributed by atoms with Crippen molar-refractivity contribution in [1.29, 1.82) is 0 Å². The van der Waals surface area contributed by atoms with Crippen LogP contribution >= 0.6 is 0 Å². The maximum absolute atomic E-state index is 12.2. The van der Waals surface area contributed by atoms with Gasteiger partial charge >= 0.3 is 0 Å². The van der Waals surface area contributed by atoms with Crippen molar-refractivity contribution in [3.8, 4) is 11.4 Å². The third-order valence-corrected chi connectivity index (χ3v) is 6.53. The second-order valence-corrected chi connectivity index (χ2v) is 8.70. The van der Waals surface area contributed by atoms with Crippen molar-refractivity contribution in [3.05, 3.63) is 36.2 Å². The molecule has 0 aromatic carbocycles. The molecule has 0 unspecified atom stereocenters. The molecular formula is C17H25N5O2S. The maximum Gasteiger partial charge on any atom is 0.281 e. The van der Waals surface area contributed by atoms with Crippen molar-refractivity contribution in [2.24, 2.45) is 5.92 Å². The van der Waals surface area contributed by atoms with Gasteiger partial charge in [-0.2, -0.15) is 22.1 Å². The number of aromatic nitrogens is 3. The number of hydrogen-bond donors (Lipinski definition) is 0. The lowest BCUT2D eigenvalue weighted by molar-refractivity contribution is 0.409. The van der Waals surface area contributed by atoms with E-state index < -0.39 is 10.2 Å². The van der Waals surface area contributed by atoms with Crippen LogP contribution in [-0.2, 0) is 23.2 Å². The smallest absolute Gasteiger partial charge is 0.264 e. The summed E-state index contributed by atoms with van der Waals surface area (Å²) < 4.78 is 29.2. The zero-order chi connectivity index (χ0) is 18.0. The molecule has 3 rings (SSSR count). The first kappa shape index (κ1) is 18.0. The van der Waals surface area contributed by atoms with Crippen LogP contribution in [0.3, 0.4) is 0 Å². The van der Waals surface area contributed by atoms with Gasteiger partial charge in [-0.25, -0.2) is 0 Å². The molecule has 0 radical (unpaired) electrons. The second kappa shape index (κ2) is 7.23. The molecule has 1 saturated heterocycles. The highest BCUT2D eigenvalue weighted by atomic mass is 32.2. The summed E-state index contributed by atoms with van der Waals surface area (Å²) in [4.78, 5) is 4.77. The highest BCUT2D eigenvalue weighted by Crippen LogP contribution is 2.24. The minimum absolute atomic E-state index is 0.300. The van der Waals surface area contributed by atoms with Crippen LogP contribution in [0.1, 0.15) is 19.0 Å². The van der Waals surface area contributed by atoms with Gasteiger partial charge in [0.05, 0.1) is 11.4 Å². The molecule has 25 heavy (non-hydrogen) atoms. The first-order valence-electron chi connectivity index (χ1n) is 8.57. The van der Waals surface area contributed by atoms with Crippen LogP contribution in [0.15, 0.2) is 30.5 Å². The Morgan fingerprint density at radius 1 is 1.28 bits per heavy atom. The van der Waals surface area contributed by atoms with E-state index in [0.717, 1.165) is 36.5 Å². The molecule has 136 valence electrons. The predicted molar refractivity (Wildman–Crippen MR) is 97.1 cm³/mol. The molecule has 0 spiro atoms. The van der Waals surface area contributed by atoms with Gasteiger partial charge in [0.2, 0.25) is 0 Å². The maximum atomic E-state index is 12.2. The summed E-state index contributed by atoms with van der Waals surface area (Å²) in [6, 6.07) is 7.98. The Hall–Kier alpha value is -1.77. The van der Waals surface area contributed by atoms with E-state index in [4.69, 9.17) is 4.98 Å². The van der Waals surface area contributed by atoms with Gasteiger partial charge < -0.3 is 0 Å². The third-order valence-electron chi connectivity index (χ3n) is 4.62. The van der Waals surface area contributed by atoms with Crippen LogP contribution < -0.4 is 0 Å². The lowest BCUT2D eigenvalue weighted by Crippen LogP contribution is -2.38. The monoisotopic (exact) mass is 363 g/mol. The fourth-order valence-corrected chi connectivity index (χ4v) is 4.44. The van der Waals surface area contributed by atoms with Crippen LogP contribution in [0.4, 0.5) is 0 Å². The summed E-state index contributed by atoms with van der Waals surface area (Å²) in [5.41, 5.74) is 2.91. The first-order chi connectivity index (χ1) is 11.9. The van der Waals surface area contributed by atoms with Crippen LogP contribution in [0.2, 0.25) is 0 Å². The molecule has 0 N–H and O–H groups in total. The number of aryl methyl sites for hydroxylation is 1. The Morgan fingerprint density at radius 2 is 2.08 bits per heavy atom. The fourth-order valence-electron chi connectivity index (χ4n) is 3.24. The Bertz CT molecular complexity index is 831. The average Bonchev–Trinajstić information content (AvgIpc) is 3.24. The van der Waals surface area contributed by atoms with Crippen LogP contribution in [0.5, 0.6) is 0 Å². The molecular weight excluding hydrogens is 338 g/mol. The first-order valence-corrected chi connectivity index (χ1v) is 9.97. The van der Waals surface area contributed by atoms with Gasteiger partial charge in [-0.1, -0.05) is 6.07 Å². The van der Waals surface area contributed by atoms with Gasteiger partial charge in [-0.3, -0.25) is 9.67 Å². The summed E-state index contributed by atoms with van der Waals surface area (Å²) in [7, 11) is -0.172. The highest BCUT2D eigenvalue weighted by Gasteiger charge is 2.32. The molecule has 1 fully saturated rings. The Balaban J connectivity index is 1.72. The third kappa shape index (κ3) is 3.75. The Morgan fingerprint density at radius 3 is 2.80 bits per heavy atom. The average molecular weight is 363 g/mol. The van der Waals surface area contributed by atoms with Crippen LogP contribution in [-0.4, -0.2) is 59.0 Å². The summed E-state index contributed by atoms with van der Waals surface area (Å²) in [5, 5.41) is 4.30. The standard InChI is InChI=1S/C17H25N5O2S/c1-4-22-17(8-10-18-22)16-7-5-6-15(19-16)12-14-9-11-21(13-14)25(23,24)20(2)3/h5-8,10,14H,4,9,11-13H2,1-3H3/t14-/m1/s1. The van der Waals surface area contributed by atoms with Gasteiger partial charge in [0.25, 0.3) is 10.2 Å². The van der Waals surface area contributed by atoms with E-state index in [2.05, 4.69) is 12.0 Å². The van der Waals surface area contributed by atoms with E-state index in [9.17, 15) is 8.42 Å². The minimum Gasteiger partial charge on any atom is -0.264 e. The van der Waals surface area contributed by atoms with E-state index in [1.54, 1.807) is 24.6 Å².